The normalized spacial score (nSPS) is 12.2. The molecule has 12 heteroatoms. The number of hydrogen-bond acceptors (Lipinski definition) is 12. The van der Waals surface area contributed by atoms with Crippen LogP contribution in [0.5, 0.6) is 11.5 Å². The van der Waals surface area contributed by atoms with E-state index in [0.29, 0.717) is 55.6 Å². The summed E-state index contributed by atoms with van der Waals surface area (Å²) >= 11 is 0. The zero-order valence-electron chi connectivity index (χ0n) is 47.5. The molecule has 424 valence electrons. The Morgan fingerprint density at radius 2 is 0.932 bits per heavy atom. The second-order valence-electron chi connectivity index (χ2n) is 21.1. The van der Waals surface area contributed by atoms with Crippen LogP contribution in [0.25, 0.3) is 0 Å². The van der Waals surface area contributed by atoms with Crippen molar-refractivity contribution in [3.8, 4) is 11.5 Å². The lowest BCUT2D eigenvalue weighted by atomic mass is 9.94. The fourth-order valence-electron chi connectivity index (χ4n) is 9.67. The lowest BCUT2D eigenvalue weighted by Crippen LogP contribution is -2.30. The highest BCUT2D eigenvalue weighted by atomic mass is 16.6. The minimum absolute atomic E-state index is 0.115. The van der Waals surface area contributed by atoms with Gasteiger partial charge in [0, 0.05) is 36.8 Å². The van der Waals surface area contributed by atoms with E-state index in [2.05, 4.69) is 13.8 Å². The first-order chi connectivity index (χ1) is 36.0. The number of esters is 5. The SMILES string of the molecule is CCCCCCCCCCCCCCCC(=O)OCC(COC(=O)CCCCCCCCCCCCCCC)OC(=O)CCCCCCCCCOC(=O)CC/C(C)=C/Cc1c(O)c2c(c(C)c1OC)COC2=O. The maximum atomic E-state index is 12.9. The highest BCUT2D eigenvalue weighted by Crippen LogP contribution is 2.42. The van der Waals surface area contributed by atoms with Gasteiger partial charge in [-0.15, -0.1) is 0 Å². The van der Waals surface area contributed by atoms with Crippen molar-refractivity contribution in [3.63, 3.8) is 0 Å². The summed E-state index contributed by atoms with van der Waals surface area (Å²) < 4.78 is 33.0. The van der Waals surface area contributed by atoms with Crippen LogP contribution in [0.2, 0.25) is 0 Å². The Morgan fingerprint density at radius 3 is 1.36 bits per heavy atom. The first kappa shape index (κ1) is 66.0. The summed E-state index contributed by atoms with van der Waals surface area (Å²) in [7, 11) is 1.54. The predicted molar refractivity (Wildman–Crippen MR) is 296 cm³/mol. The number of phenolic OH excluding ortho intramolecular Hbond substituents is 1. The van der Waals surface area contributed by atoms with E-state index in [0.717, 1.165) is 88.2 Å². The summed E-state index contributed by atoms with van der Waals surface area (Å²) in [6.45, 7) is 8.52. The number of fused-ring (bicyclic) bond motifs is 1. The van der Waals surface area contributed by atoms with Crippen LogP contribution in [0.1, 0.15) is 292 Å². The molecule has 0 aliphatic carbocycles. The van der Waals surface area contributed by atoms with E-state index in [-0.39, 0.29) is 67.9 Å². The molecule has 0 atom stereocenters. The monoisotopic (exact) mass is 1040 g/mol. The molecule has 0 amide bonds. The van der Waals surface area contributed by atoms with Crippen LogP contribution in [-0.2, 0) is 55.9 Å². The number of phenols is 1. The van der Waals surface area contributed by atoms with Crippen molar-refractivity contribution >= 4 is 29.8 Å². The molecule has 0 saturated heterocycles. The molecule has 1 aliphatic heterocycles. The van der Waals surface area contributed by atoms with E-state index in [9.17, 15) is 29.1 Å². The van der Waals surface area contributed by atoms with Crippen molar-refractivity contribution in [1.29, 1.82) is 0 Å². The second kappa shape index (κ2) is 44.1. The molecule has 0 fully saturated rings. The molecule has 0 spiro atoms. The van der Waals surface area contributed by atoms with Gasteiger partial charge >= 0.3 is 29.8 Å². The Kier molecular flexibility index (Phi) is 39.3. The molecule has 1 aromatic carbocycles. The highest BCUT2D eigenvalue weighted by Gasteiger charge is 2.32. The molecule has 0 saturated carbocycles. The number of unbranched alkanes of at least 4 members (excludes halogenated alkanes) is 30. The van der Waals surface area contributed by atoms with Gasteiger partial charge in [-0.2, -0.15) is 0 Å². The number of aromatic hydroxyl groups is 1. The number of hydrogen-bond donors (Lipinski definition) is 1. The van der Waals surface area contributed by atoms with Crippen molar-refractivity contribution in [1.82, 2.24) is 0 Å². The number of carbonyl (C=O) groups is 5. The van der Waals surface area contributed by atoms with E-state index >= 15 is 0 Å². The standard InChI is InChI=1S/C62H104O12/c1-6-8-10-12-14-16-18-20-22-24-27-31-35-39-55(63)71-47-52(48-72-56(64)40-36-32-28-25-23-21-19-17-15-13-11-9-7-2)74-58(66)41-37-33-29-26-30-34-38-46-70-57(65)45-43-50(3)42-44-53-60(67)59-54(49-73-62(59)68)51(4)61(53)69-5/h42,52,67H,6-41,43-49H2,1-5H3/b50-42+. The third kappa shape index (κ3) is 31.7. The van der Waals surface area contributed by atoms with Crippen LogP contribution < -0.4 is 4.74 Å². The average Bonchev–Trinajstić information content (AvgIpc) is 3.79. The topological polar surface area (TPSA) is 161 Å². The number of methoxy groups -OCH3 is 1. The van der Waals surface area contributed by atoms with Gasteiger partial charge in [-0.1, -0.05) is 212 Å². The van der Waals surface area contributed by atoms with Gasteiger partial charge in [-0.25, -0.2) is 4.79 Å². The summed E-state index contributed by atoms with van der Waals surface area (Å²) in [5.74, 6) is -1.39. The molecule has 0 radical (unpaired) electrons. The van der Waals surface area contributed by atoms with Crippen molar-refractivity contribution in [2.24, 2.45) is 0 Å². The minimum Gasteiger partial charge on any atom is -0.507 e. The average molecular weight is 1040 g/mol. The van der Waals surface area contributed by atoms with E-state index in [1.54, 1.807) is 0 Å². The van der Waals surface area contributed by atoms with Gasteiger partial charge < -0.3 is 33.5 Å². The first-order valence-electron chi connectivity index (χ1n) is 29.9. The Bertz CT molecular complexity index is 1670. The summed E-state index contributed by atoms with van der Waals surface area (Å²) in [6, 6.07) is 0. The van der Waals surface area contributed by atoms with E-state index < -0.39 is 12.1 Å². The fraction of sp³-hybridized carbons (Fsp3) is 0.790. The summed E-state index contributed by atoms with van der Waals surface area (Å²) in [4.78, 5) is 62.9. The van der Waals surface area contributed by atoms with E-state index in [1.807, 2.05) is 19.9 Å². The number of allylic oxidation sites excluding steroid dienone is 2. The minimum atomic E-state index is -0.835. The van der Waals surface area contributed by atoms with Gasteiger partial charge in [0.1, 0.15) is 36.9 Å². The molecule has 1 aliphatic rings. The molecule has 1 heterocycles. The number of ether oxygens (including phenoxy) is 6. The van der Waals surface area contributed by atoms with Crippen LogP contribution in [0.3, 0.4) is 0 Å². The van der Waals surface area contributed by atoms with Crippen molar-refractivity contribution in [2.75, 3.05) is 26.9 Å². The number of benzene rings is 1. The van der Waals surface area contributed by atoms with Gasteiger partial charge in [-0.05, 0) is 57.9 Å². The van der Waals surface area contributed by atoms with Crippen LogP contribution >= 0.6 is 0 Å². The molecular weight excluding hydrogens is 937 g/mol. The zero-order valence-corrected chi connectivity index (χ0v) is 47.5. The summed E-state index contributed by atoms with van der Waals surface area (Å²) in [6.07, 6.45) is 41.3. The third-order valence-corrected chi connectivity index (χ3v) is 14.4. The summed E-state index contributed by atoms with van der Waals surface area (Å²) in [5.41, 5.74) is 3.11. The Morgan fingerprint density at radius 1 is 0.541 bits per heavy atom. The molecule has 0 bridgehead atoms. The smallest absolute Gasteiger partial charge is 0.342 e. The maximum absolute atomic E-state index is 12.9. The molecule has 0 aromatic heterocycles. The summed E-state index contributed by atoms with van der Waals surface area (Å²) in [5, 5.41) is 10.9. The van der Waals surface area contributed by atoms with Gasteiger partial charge in [0.05, 0.1) is 13.7 Å². The van der Waals surface area contributed by atoms with Crippen LogP contribution in [-0.4, -0.2) is 68.0 Å². The molecule has 1 N–H and O–H groups in total. The van der Waals surface area contributed by atoms with Crippen molar-refractivity contribution in [2.45, 2.75) is 291 Å². The second-order valence-corrected chi connectivity index (χ2v) is 21.1. The van der Waals surface area contributed by atoms with Gasteiger partial charge in [0.2, 0.25) is 0 Å². The Labute approximate surface area is 448 Å². The van der Waals surface area contributed by atoms with E-state index in [1.165, 1.54) is 136 Å². The lowest BCUT2D eigenvalue weighted by Gasteiger charge is -2.18. The van der Waals surface area contributed by atoms with Gasteiger partial charge in [0.15, 0.2) is 6.10 Å². The van der Waals surface area contributed by atoms with Gasteiger partial charge in [-0.3, -0.25) is 19.2 Å². The predicted octanol–water partition coefficient (Wildman–Crippen LogP) is 16.3. The maximum Gasteiger partial charge on any atom is 0.342 e. The number of carbonyl (C=O) groups excluding carboxylic acids is 5. The molecule has 12 nitrogen and oxygen atoms in total. The molecule has 1 aromatic rings. The van der Waals surface area contributed by atoms with Crippen LogP contribution in [0.4, 0.5) is 0 Å². The quantitative estimate of drug-likeness (QED) is 0.0285. The third-order valence-electron chi connectivity index (χ3n) is 14.4. The Balaban J connectivity index is 1.62. The highest BCUT2D eigenvalue weighted by molar-refractivity contribution is 5.98. The first-order valence-corrected chi connectivity index (χ1v) is 29.9. The number of cyclic esters (lactones) is 1. The van der Waals surface area contributed by atoms with Crippen molar-refractivity contribution < 1.29 is 57.5 Å². The molecule has 2 rings (SSSR count). The van der Waals surface area contributed by atoms with Gasteiger partial charge in [0.25, 0.3) is 0 Å². The Hall–Kier alpha value is -4.09. The van der Waals surface area contributed by atoms with Crippen molar-refractivity contribution in [3.05, 3.63) is 33.9 Å². The molecular formula is C62H104O12. The molecule has 74 heavy (non-hydrogen) atoms. The fourth-order valence-corrected chi connectivity index (χ4v) is 9.67. The largest absolute Gasteiger partial charge is 0.507 e. The van der Waals surface area contributed by atoms with Crippen LogP contribution in [0.15, 0.2) is 11.6 Å². The van der Waals surface area contributed by atoms with Crippen LogP contribution in [0, 0.1) is 6.92 Å². The van der Waals surface area contributed by atoms with E-state index in [4.69, 9.17) is 28.4 Å². The lowest BCUT2D eigenvalue weighted by molar-refractivity contribution is -0.167. The zero-order chi connectivity index (χ0) is 53.9. The molecule has 0 unspecified atom stereocenters. The number of rotatable bonds is 49.